The number of ketones is 1. The van der Waals surface area contributed by atoms with E-state index in [4.69, 9.17) is 14.9 Å². The minimum Gasteiger partial charge on any atom is -0.504 e. The number of carbonyl (C=O) groups excluding carboxylic acids is 2. The van der Waals surface area contributed by atoms with Crippen molar-refractivity contribution in [3.05, 3.63) is 63.0 Å². The van der Waals surface area contributed by atoms with Gasteiger partial charge in [0.05, 0.1) is 17.6 Å². The van der Waals surface area contributed by atoms with Gasteiger partial charge in [-0.2, -0.15) is 0 Å². The highest BCUT2D eigenvalue weighted by Gasteiger charge is 2.29. The molecule has 0 atom stereocenters. The van der Waals surface area contributed by atoms with E-state index < -0.39 is 40.0 Å². The van der Waals surface area contributed by atoms with Crippen LogP contribution < -0.4 is 11.2 Å². The maximum Gasteiger partial charge on any atom is 0.342 e. The lowest BCUT2D eigenvalue weighted by Crippen LogP contribution is -2.19. The van der Waals surface area contributed by atoms with Crippen LogP contribution in [0.3, 0.4) is 0 Å². The minimum atomic E-state index is -1.07. The Balaban J connectivity index is 1.87. The number of phenols is 4. The summed E-state index contributed by atoms with van der Waals surface area (Å²) in [5.74, 6) is -4.09. The van der Waals surface area contributed by atoms with Crippen molar-refractivity contribution in [3.8, 4) is 23.0 Å². The maximum atomic E-state index is 13.4. The number of fused-ring (bicyclic) bond motifs is 2. The molecular weight excluding hydrogens is 434 g/mol. The van der Waals surface area contributed by atoms with E-state index in [0.717, 1.165) is 18.4 Å². The average molecular weight is 453 g/mol. The Morgan fingerprint density at radius 2 is 1.76 bits per heavy atom. The predicted molar refractivity (Wildman–Crippen MR) is 116 cm³/mol. The molecule has 0 saturated carbocycles. The Morgan fingerprint density at radius 3 is 2.48 bits per heavy atom. The van der Waals surface area contributed by atoms with Crippen LogP contribution in [0.25, 0.3) is 16.5 Å². The monoisotopic (exact) mass is 453 g/mol. The van der Waals surface area contributed by atoms with Gasteiger partial charge in [-0.15, -0.1) is 0 Å². The van der Waals surface area contributed by atoms with E-state index in [-0.39, 0.29) is 53.0 Å². The fraction of sp³-hybridized carbons (Fsp3) is 0.174. The largest absolute Gasteiger partial charge is 0.504 e. The molecule has 170 valence electrons. The summed E-state index contributed by atoms with van der Waals surface area (Å²) in [6, 6.07) is 3.33. The Morgan fingerprint density at radius 1 is 1.03 bits per heavy atom. The van der Waals surface area contributed by atoms with Crippen LogP contribution in [0.5, 0.6) is 23.0 Å². The number of aromatic hydroxyl groups is 4. The molecule has 1 aliphatic carbocycles. The van der Waals surface area contributed by atoms with Crippen molar-refractivity contribution in [2.75, 3.05) is 13.2 Å². The molecule has 0 radical (unpaired) electrons. The Bertz CT molecular complexity index is 1400. The average Bonchev–Trinajstić information content (AvgIpc) is 2.78. The van der Waals surface area contributed by atoms with Crippen molar-refractivity contribution in [3.63, 3.8) is 0 Å². The minimum absolute atomic E-state index is 0.0433. The van der Waals surface area contributed by atoms with Crippen molar-refractivity contribution < 1.29 is 39.2 Å². The molecule has 3 aromatic rings. The smallest absolute Gasteiger partial charge is 0.342 e. The zero-order valence-corrected chi connectivity index (χ0v) is 17.1. The molecule has 10 heteroatoms. The number of hydrogen-bond acceptors (Lipinski definition) is 10. The zero-order chi connectivity index (χ0) is 23.9. The molecule has 0 saturated heterocycles. The molecular formula is C23H19NO9. The van der Waals surface area contributed by atoms with Crippen molar-refractivity contribution in [2.45, 2.75) is 12.8 Å². The highest BCUT2D eigenvalue weighted by atomic mass is 16.5. The molecule has 33 heavy (non-hydrogen) atoms. The number of hydrogen-bond donors (Lipinski definition) is 5. The second-order valence-electron chi connectivity index (χ2n) is 7.40. The van der Waals surface area contributed by atoms with E-state index in [0.29, 0.717) is 12.0 Å². The lowest BCUT2D eigenvalue weighted by molar-refractivity contribution is 0.0501. The highest BCUT2D eigenvalue weighted by Crippen LogP contribution is 2.37. The lowest BCUT2D eigenvalue weighted by Gasteiger charge is -2.17. The topological polar surface area (TPSA) is 181 Å². The number of phenolic OH excluding ortho intramolecular Hbond substituents is 4. The molecule has 1 aromatic heterocycles. The van der Waals surface area contributed by atoms with Crippen molar-refractivity contribution in [2.24, 2.45) is 5.73 Å². The maximum absolute atomic E-state index is 13.4. The van der Waals surface area contributed by atoms with Gasteiger partial charge in [0.1, 0.15) is 17.4 Å². The van der Waals surface area contributed by atoms with Crippen LogP contribution in [0, 0.1) is 0 Å². The van der Waals surface area contributed by atoms with Crippen LogP contribution in [0.2, 0.25) is 0 Å². The number of ether oxygens (including phenoxy) is 1. The molecule has 1 heterocycles. The van der Waals surface area contributed by atoms with E-state index in [1.807, 2.05) is 0 Å². The van der Waals surface area contributed by atoms with Gasteiger partial charge >= 0.3 is 5.97 Å². The van der Waals surface area contributed by atoms with Crippen LogP contribution in [-0.4, -0.2) is 45.3 Å². The third-order valence-electron chi connectivity index (χ3n) is 5.31. The molecule has 6 N–H and O–H groups in total. The quantitative estimate of drug-likeness (QED) is 0.218. The third-order valence-corrected chi connectivity index (χ3v) is 5.31. The first kappa shape index (κ1) is 21.9. The Kier molecular flexibility index (Phi) is 5.52. The highest BCUT2D eigenvalue weighted by molar-refractivity contribution is 6.30. The molecule has 0 aliphatic heterocycles. The first-order valence-electron chi connectivity index (χ1n) is 9.92. The van der Waals surface area contributed by atoms with Gasteiger partial charge < -0.3 is 35.3 Å². The van der Waals surface area contributed by atoms with E-state index >= 15 is 0 Å². The second-order valence-corrected chi connectivity index (χ2v) is 7.40. The molecule has 0 bridgehead atoms. The fourth-order valence-corrected chi connectivity index (χ4v) is 3.65. The first-order chi connectivity index (χ1) is 15.7. The Hall–Kier alpha value is -4.31. The number of allylic oxidation sites excluding steroid dienone is 2. The van der Waals surface area contributed by atoms with E-state index in [9.17, 15) is 34.8 Å². The first-order valence-corrected chi connectivity index (χ1v) is 9.92. The summed E-state index contributed by atoms with van der Waals surface area (Å²) in [5.41, 5.74) is 4.10. The van der Waals surface area contributed by atoms with E-state index in [1.54, 1.807) is 0 Å². The van der Waals surface area contributed by atoms with Crippen LogP contribution in [-0.2, 0) is 11.2 Å². The number of carbonyl (C=O) groups is 2. The lowest BCUT2D eigenvalue weighted by atomic mass is 9.86. The fourth-order valence-electron chi connectivity index (χ4n) is 3.65. The number of nitrogens with two attached hydrogens (primary N) is 1. The van der Waals surface area contributed by atoms with Crippen LogP contribution in [0.4, 0.5) is 0 Å². The number of esters is 1. The summed E-state index contributed by atoms with van der Waals surface area (Å²) in [4.78, 5) is 39.0. The summed E-state index contributed by atoms with van der Waals surface area (Å²) in [5, 5.41) is 39.4. The molecule has 0 amide bonds. The van der Waals surface area contributed by atoms with Gasteiger partial charge in [-0.3, -0.25) is 9.59 Å². The summed E-state index contributed by atoms with van der Waals surface area (Å²) in [6.07, 6.45) is 2.99. The molecule has 0 spiro atoms. The van der Waals surface area contributed by atoms with Gasteiger partial charge in [-0.05, 0) is 37.1 Å². The normalized spacial score (nSPS) is 13.0. The summed E-state index contributed by atoms with van der Waals surface area (Å²) in [7, 11) is 0. The standard InChI is InChI=1S/C23H19NO9/c24-4-1-5-32-23(31)19-18-17(8-16(27)22(19)30)33-9-13(21(18)29)11-3-2-10-6-14(25)15(26)7-12(10)20(11)28/h3,6-9,25-27,30H,1-2,4-5,24H2. The molecule has 2 aromatic carbocycles. The number of benzene rings is 2. The molecule has 10 nitrogen and oxygen atoms in total. The number of Topliss-reactive ketones (excluding diaryl/α,β-unsaturated/α-hetero) is 1. The van der Waals surface area contributed by atoms with Gasteiger partial charge in [0, 0.05) is 17.2 Å². The molecule has 4 rings (SSSR count). The third kappa shape index (κ3) is 3.66. The van der Waals surface area contributed by atoms with Gasteiger partial charge in [0.15, 0.2) is 28.8 Å². The number of rotatable bonds is 5. The van der Waals surface area contributed by atoms with Gasteiger partial charge in [-0.25, -0.2) is 4.79 Å². The van der Waals surface area contributed by atoms with Crippen molar-refractivity contribution in [1.82, 2.24) is 0 Å². The van der Waals surface area contributed by atoms with Crippen molar-refractivity contribution in [1.29, 1.82) is 0 Å². The van der Waals surface area contributed by atoms with Crippen LogP contribution >= 0.6 is 0 Å². The van der Waals surface area contributed by atoms with Gasteiger partial charge in [0.2, 0.25) is 5.43 Å². The summed E-state index contributed by atoms with van der Waals surface area (Å²) in [6.45, 7) is 0.172. The zero-order valence-electron chi connectivity index (χ0n) is 17.1. The van der Waals surface area contributed by atoms with Crippen LogP contribution in [0.1, 0.15) is 38.3 Å². The van der Waals surface area contributed by atoms with Crippen LogP contribution in [0.15, 0.2) is 39.7 Å². The molecule has 1 aliphatic rings. The van der Waals surface area contributed by atoms with Gasteiger partial charge in [-0.1, -0.05) is 6.08 Å². The predicted octanol–water partition coefficient (Wildman–Crippen LogP) is 1.94. The van der Waals surface area contributed by atoms with Crippen molar-refractivity contribution >= 4 is 28.3 Å². The SMILES string of the molecule is NCCCOC(=O)c1c(O)c(O)cc2occ(C3=CCc4cc(O)c(O)cc4C3=O)c(=O)c12. The molecule has 0 unspecified atom stereocenters. The Labute approximate surface area is 185 Å². The second kappa shape index (κ2) is 8.32. The summed E-state index contributed by atoms with van der Waals surface area (Å²) >= 11 is 0. The van der Waals surface area contributed by atoms with E-state index in [1.165, 1.54) is 12.1 Å². The van der Waals surface area contributed by atoms with Gasteiger partial charge in [0.25, 0.3) is 0 Å². The van der Waals surface area contributed by atoms with E-state index in [2.05, 4.69) is 0 Å². The molecule has 0 fully saturated rings. The summed E-state index contributed by atoms with van der Waals surface area (Å²) < 4.78 is 10.5.